The number of carbonyl (C=O) groups excluding carboxylic acids is 1. The molecule has 2 rings (SSSR count). The number of anilines is 1. The van der Waals surface area contributed by atoms with Crippen molar-refractivity contribution in [3.63, 3.8) is 0 Å². The monoisotopic (exact) mass is 336 g/mol. The molecule has 0 bridgehead atoms. The number of benzene rings is 2. The first kappa shape index (κ1) is 17.8. The van der Waals surface area contributed by atoms with E-state index in [0.717, 1.165) is 6.08 Å². The zero-order valence-electron chi connectivity index (χ0n) is 13.3. The predicted molar refractivity (Wildman–Crippen MR) is 98.8 cm³/mol. The number of hydrogen-bond acceptors (Lipinski definition) is 5. The van der Waals surface area contributed by atoms with Crippen LogP contribution in [0.1, 0.15) is 0 Å². The van der Waals surface area contributed by atoms with Crippen LogP contribution in [0.4, 0.5) is 15.8 Å². The molecule has 2 aromatic rings. The molecule has 0 atom stereocenters. The number of rotatable bonds is 7. The van der Waals surface area contributed by atoms with Gasteiger partial charge < -0.3 is 11.1 Å². The standard InChI is InChI=1S/C19H17FN4O/c20-15-8-4-5-9-16(15)23-13-11-18(25)19(22)17(10-12-21)24-14-6-2-1-3-7-14/h1-13,22-23H,21H2/b12-10?,13-11-,22-19?,24-17?. The van der Waals surface area contributed by atoms with Gasteiger partial charge in [0, 0.05) is 12.3 Å². The fraction of sp³-hybridized carbons (Fsp3) is 0. The highest BCUT2D eigenvalue weighted by molar-refractivity contribution is 6.70. The molecular formula is C19H17FN4O. The van der Waals surface area contributed by atoms with Crippen LogP contribution in [0.5, 0.6) is 0 Å². The molecule has 126 valence electrons. The molecule has 0 aliphatic rings. The third kappa shape index (κ3) is 5.24. The van der Waals surface area contributed by atoms with Crippen LogP contribution in [0.25, 0.3) is 0 Å². The number of nitrogens with two attached hydrogens (primary N) is 1. The summed E-state index contributed by atoms with van der Waals surface area (Å²) < 4.78 is 13.5. The van der Waals surface area contributed by atoms with Gasteiger partial charge in [0.15, 0.2) is 0 Å². The summed E-state index contributed by atoms with van der Waals surface area (Å²) in [5.74, 6) is -1.02. The van der Waals surface area contributed by atoms with Crippen molar-refractivity contribution in [1.82, 2.24) is 0 Å². The number of para-hydroxylation sites is 2. The van der Waals surface area contributed by atoms with E-state index in [2.05, 4.69) is 10.3 Å². The molecule has 0 amide bonds. The van der Waals surface area contributed by atoms with Crippen LogP contribution < -0.4 is 11.1 Å². The summed E-state index contributed by atoms with van der Waals surface area (Å²) in [6.45, 7) is 0. The Hall–Kier alpha value is -3.54. The minimum absolute atomic E-state index is 0.134. The third-order valence-corrected chi connectivity index (χ3v) is 3.11. The van der Waals surface area contributed by atoms with Crippen LogP contribution in [-0.4, -0.2) is 17.2 Å². The van der Waals surface area contributed by atoms with Gasteiger partial charge in [-0.15, -0.1) is 0 Å². The van der Waals surface area contributed by atoms with Gasteiger partial charge in [0.2, 0.25) is 5.78 Å². The molecule has 2 aromatic carbocycles. The van der Waals surface area contributed by atoms with Crippen LogP contribution in [-0.2, 0) is 4.79 Å². The Balaban J connectivity index is 2.11. The molecule has 0 unspecified atom stereocenters. The van der Waals surface area contributed by atoms with Crippen LogP contribution in [0, 0.1) is 11.2 Å². The highest BCUT2D eigenvalue weighted by Crippen LogP contribution is 2.12. The first-order valence-electron chi connectivity index (χ1n) is 7.44. The van der Waals surface area contributed by atoms with E-state index in [0.29, 0.717) is 5.69 Å². The van der Waals surface area contributed by atoms with Crippen molar-refractivity contribution in [3.8, 4) is 0 Å². The molecule has 0 fully saturated rings. The molecule has 5 nitrogen and oxygen atoms in total. The molecule has 0 aliphatic carbocycles. The predicted octanol–water partition coefficient (Wildman–Crippen LogP) is 3.59. The lowest BCUT2D eigenvalue weighted by Crippen LogP contribution is -2.20. The number of aliphatic imine (C=N–C) groups is 1. The molecule has 0 saturated carbocycles. The summed E-state index contributed by atoms with van der Waals surface area (Å²) >= 11 is 0. The SMILES string of the molecule is N=C(C(=O)/C=C\Nc1ccccc1F)C(C=CN)=Nc1ccccc1. The first-order valence-corrected chi connectivity index (χ1v) is 7.44. The Bertz CT molecular complexity index is 842. The zero-order valence-corrected chi connectivity index (χ0v) is 13.3. The Kier molecular flexibility index (Phi) is 6.36. The summed E-state index contributed by atoms with van der Waals surface area (Å²) in [7, 11) is 0. The van der Waals surface area contributed by atoms with Gasteiger partial charge in [0.25, 0.3) is 0 Å². The van der Waals surface area contributed by atoms with Crippen LogP contribution in [0.3, 0.4) is 0 Å². The van der Waals surface area contributed by atoms with E-state index in [9.17, 15) is 9.18 Å². The van der Waals surface area contributed by atoms with E-state index in [1.54, 1.807) is 36.4 Å². The maximum absolute atomic E-state index is 13.5. The number of ketones is 1. The Morgan fingerprint density at radius 1 is 1.08 bits per heavy atom. The van der Waals surface area contributed by atoms with Crippen molar-refractivity contribution in [2.75, 3.05) is 5.32 Å². The number of carbonyl (C=O) groups is 1. The average Bonchev–Trinajstić information content (AvgIpc) is 2.63. The van der Waals surface area contributed by atoms with Crippen LogP contribution in [0.2, 0.25) is 0 Å². The highest BCUT2D eigenvalue weighted by Gasteiger charge is 2.11. The maximum Gasteiger partial charge on any atom is 0.207 e. The lowest BCUT2D eigenvalue weighted by Gasteiger charge is -2.03. The average molecular weight is 336 g/mol. The zero-order chi connectivity index (χ0) is 18.1. The quantitative estimate of drug-likeness (QED) is 0.533. The number of hydrogen-bond donors (Lipinski definition) is 3. The van der Waals surface area contributed by atoms with Crippen molar-refractivity contribution in [1.29, 1.82) is 5.41 Å². The van der Waals surface area contributed by atoms with Crippen molar-refractivity contribution in [2.24, 2.45) is 10.7 Å². The minimum Gasteiger partial charge on any atom is -0.405 e. The first-order chi connectivity index (χ1) is 12.1. The Morgan fingerprint density at radius 3 is 2.44 bits per heavy atom. The number of nitrogens with one attached hydrogen (secondary N) is 2. The number of halogens is 1. The normalized spacial score (nSPS) is 11.8. The summed E-state index contributed by atoms with van der Waals surface area (Å²) in [5, 5.41) is 10.7. The lowest BCUT2D eigenvalue weighted by molar-refractivity contribution is -0.108. The van der Waals surface area contributed by atoms with Gasteiger partial charge in [-0.3, -0.25) is 10.2 Å². The van der Waals surface area contributed by atoms with E-state index >= 15 is 0 Å². The molecule has 0 aromatic heterocycles. The van der Waals surface area contributed by atoms with Gasteiger partial charge in [-0.1, -0.05) is 30.3 Å². The van der Waals surface area contributed by atoms with Crippen molar-refractivity contribution in [2.45, 2.75) is 0 Å². The molecule has 0 saturated heterocycles. The summed E-state index contributed by atoms with van der Waals surface area (Å²) in [6, 6.07) is 15.0. The lowest BCUT2D eigenvalue weighted by atomic mass is 10.1. The second-order valence-corrected chi connectivity index (χ2v) is 4.89. The second-order valence-electron chi connectivity index (χ2n) is 4.89. The second kappa shape index (κ2) is 8.93. The number of allylic oxidation sites excluding steroid dienone is 2. The smallest absolute Gasteiger partial charge is 0.207 e. The van der Waals surface area contributed by atoms with Crippen molar-refractivity contribution >= 4 is 28.6 Å². The summed E-state index contributed by atoms with van der Waals surface area (Å²) in [5.41, 5.74) is 6.02. The van der Waals surface area contributed by atoms with Gasteiger partial charge in [-0.2, -0.15) is 0 Å². The van der Waals surface area contributed by atoms with Crippen molar-refractivity contribution < 1.29 is 9.18 Å². The molecule has 0 aliphatic heterocycles. The topological polar surface area (TPSA) is 91.3 Å². The summed E-state index contributed by atoms with van der Waals surface area (Å²) in [6.07, 6.45) is 5.01. The van der Waals surface area contributed by atoms with Crippen LogP contribution in [0.15, 0.2) is 84.1 Å². The fourth-order valence-corrected chi connectivity index (χ4v) is 1.90. The third-order valence-electron chi connectivity index (χ3n) is 3.11. The van der Waals surface area contributed by atoms with Gasteiger partial charge in [-0.05, 0) is 36.5 Å². The molecule has 4 N–H and O–H groups in total. The van der Waals surface area contributed by atoms with Crippen LogP contribution >= 0.6 is 0 Å². The summed E-state index contributed by atoms with van der Waals surface area (Å²) in [4.78, 5) is 16.4. The van der Waals surface area contributed by atoms with Gasteiger partial charge >= 0.3 is 0 Å². The Labute approximate surface area is 144 Å². The van der Waals surface area contributed by atoms with Crippen molar-refractivity contribution in [3.05, 3.63) is 85.0 Å². The maximum atomic E-state index is 13.5. The fourth-order valence-electron chi connectivity index (χ4n) is 1.90. The highest BCUT2D eigenvalue weighted by atomic mass is 19.1. The van der Waals surface area contributed by atoms with Gasteiger partial charge in [0.05, 0.1) is 17.1 Å². The van der Waals surface area contributed by atoms with Gasteiger partial charge in [-0.25, -0.2) is 9.38 Å². The van der Waals surface area contributed by atoms with E-state index in [4.69, 9.17) is 11.1 Å². The van der Waals surface area contributed by atoms with E-state index in [1.807, 2.05) is 6.07 Å². The number of nitrogens with zero attached hydrogens (tertiary/aromatic N) is 1. The molecule has 6 heteroatoms. The van der Waals surface area contributed by atoms with E-state index in [-0.39, 0.29) is 17.1 Å². The van der Waals surface area contributed by atoms with E-state index < -0.39 is 11.6 Å². The van der Waals surface area contributed by atoms with E-state index in [1.165, 1.54) is 30.6 Å². The Morgan fingerprint density at radius 2 is 1.76 bits per heavy atom. The van der Waals surface area contributed by atoms with Gasteiger partial charge in [0.1, 0.15) is 11.5 Å². The molecule has 0 radical (unpaired) electrons. The molecule has 25 heavy (non-hydrogen) atoms. The molecule has 0 spiro atoms. The molecular weight excluding hydrogens is 319 g/mol. The largest absolute Gasteiger partial charge is 0.405 e. The molecule has 0 heterocycles. The minimum atomic E-state index is -0.586.